The number of anilines is 1. The van der Waals surface area contributed by atoms with Crippen LogP contribution in [0.1, 0.15) is 25.7 Å². The summed E-state index contributed by atoms with van der Waals surface area (Å²) in [5, 5.41) is 20.4. The van der Waals surface area contributed by atoms with E-state index in [4.69, 9.17) is 0 Å². The average molecular weight is 349 g/mol. The van der Waals surface area contributed by atoms with Gasteiger partial charge in [-0.1, -0.05) is 12.8 Å². The summed E-state index contributed by atoms with van der Waals surface area (Å²) in [6.45, 7) is 1.76. The average Bonchev–Trinajstić information content (AvgIpc) is 3.25. The molecule has 1 aliphatic heterocycles. The number of fused-ring (bicyclic) bond motifs is 1. The van der Waals surface area contributed by atoms with Crippen molar-refractivity contribution in [2.24, 2.45) is 11.3 Å². The smallest absolute Gasteiger partial charge is 0.232 e. The third kappa shape index (κ3) is 2.89. The Labute approximate surface area is 146 Å². The number of H-pyrrole nitrogens is 1. The van der Waals surface area contributed by atoms with Gasteiger partial charge >= 0.3 is 0 Å². The second kappa shape index (κ2) is 6.86. The van der Waals surface area contributed by atoms with E-state index in [-0.39, 0.29) is 23.7 Å². The lowest BCUT2D eigenvalue weighted by atomic mass is 9.67. The summed E-state index contributed by atoms with van der Waals surface area (Å²) in [5.74, 6) is 1.17. The van der Waals surface area contributed by atoms with Gasteiger partial charge < -0.3 is 10.6 Å². The zero-order valence-corrected chi connectivity index (χ0v) is 14.1. The van der Waals surface area contributed by atoms with Gasteiger partial charge in [0.05, 0.1) is 5.41 Å². The quantitative estimate of drug-likeness (QED) is 0.788. The molecule has 24 heavy (non-hydrogen) atoms. The summed E-state index contributed by atoms with van der Waals surface area (Å²) in [7, 11) is 0. The first kappa shape index (κ1) is 16.9. The van der Waals surface area contributed by atoms with Gasteiger partial charge in [0.15, 0.2) is 0 Å². The Balaban J connectivity index is 0.00000169. The molecule has 0 unspecified atom stereocenters. The number of aromatic amines is 1. The van der Waals surface area contributed by atoms with Crippen molar-refractivity contribution in [1.29, 1.82) is 0 Å². The molecule has 2 aliphatic rings. The number of tetrazole rings is 1. The highest BCUT2D eigenvalue weighted by Gasteiger charge is 2.49. The minimum atomic E-state index is -0.232. The zero-order chi connectivity index (χ0) is 15.7. The molecule has 2 heterocycles. The maximum atomic E-state index is 12.9. The molecule has 0 bridgehead atoms. The number of amides is 1. The predicted molar refractivity (Wildman–Crippen MR) is 92.8 cm³/mol. The normalized spacial score (nSPS) is 25.6. The number of hydrogen-bond donors (Lipinski definition) is 3. The number of carbonyl (C=O) groups is 1. The fourth-order valence-corrected chi connectivity index (χ4v) is 3.93. The van der Waals surface area contributed by atoms with Crippen molar-refractivity contribution in [3.8, 4) is 11.4 Å². The second-order valence-electron chi connectivity index (χ2n) is 6.50. The third-order valence-electron chi connectivity index (χ3n) is 5.24. The van der Waals surface area contributed by atoms with E-state index in [0.717, 1.165) is 43.6 Å². The highest BCUT2D eigenvalue weighted by Crippen LogP contribution is 2.44. The maximum Gasteiger partial charge on any atom is 0.232 e. The van der Waals surface area contributed by atoms with Crippen molar-refractivity contribution in [2.75, 3.05) is 18.4 Å². The Morgan fingerprint density at radius 1 is 1.25 bits per heavy atom. The fourth-order valence-electron chi connectivity index (χ4n) is 3.93. The molecule has 2 atom stereocenters. The van der Waals surface area contributed by atoms with Crippen molar-refractivity contribution < 1.29 is 4.79 Å². The molecule has 1 aromatic carbocycles. The van der Waals surface area contributed by atoms with Gasteiger partial charge in [0.2, 0.25) is 11.7 Å². The Kier molecular flexibility index (Phi) is 4.82. The molecule has 0 radical (unpaired) electrons. The summed E-state index contributed by atoms with van der Waals surface area (Å²) in [4.78, 5) is 12.9. The van der Waals surface area contributed by atoms with Gasteiger partial charge in [0.1, 0.15) is 0 Å². The fraction of sp³-hybridized carbons (Fsp3) is 0.500. The molecule has 8 heteroatoms. The van der Waals surface area contributed by atoms with Crippen LogP contribution >= 0.6 is 12.4 Å². The van der Waals surface area contributed by atoms with Crippen molar-refractivity contribution >= 4 is 24.0 Å². The number of nitrogens with one attached hydrogen (secondary N) is 3. The predicted octanol–water partition coefficient (Wildman–Crippen LogP) is 2.01. The minimum absolute atomic E-state index is 0. The van der Waals surface area contributed by atoms with E-state index in [2.05, 4.69) is 31.3 Å². The molecule has 0 spiro atoms. The summed E-state index contributed by atoms with van der Waals surface area (Å²) < 4.78 is 0. The Morgan fingerprint density at radius 3 is 2.83 bits per heavy atom. The number of rotatable bonds is 3. The molecule has 128 valence electrons. The number of hydrogen-bond acceptors (Lipinski definition) is 5. The van der Waals surface area contributed by atoms with E-state index in [0.29, 0.717) is 11.7 Å². The molecule has 3 N–H and O–H groups in total. The number of aromatic nitrogens is 4. The van der Waals surface area contributed by atoms with Crippen LogP contribution in [-0.4, -0.2) is 39.6 Å². The molecular weight excluding hydrogens is 328 g/mol. The van der Waals surface area contributed by atoms with Crippen molar-refractivity contribution in [3.63, 3.8) is 0 Å². The lowest BCUT2D eigenvalue weighted by Crippen LogP contribution is -2.44. The first-order valence-corrected chi connectivity index (χ1v) is 8.14. The molecule has 2 fully saturated rings. The molecule has 2 aromatic rings. The monoisotopic (exact) mass is 348 g/mol. The molecule has 1 saturated carbocycles. The van der Waals surface area contributed by atoms with E-state index < -0.39 is 0 Å². The lowest BCUT2D eigenvalue weighted by Gasteiger charge is -2.37. The minimum Gasteiger partial charge on any atom is -0.326 e. The Hall–Kier alpha value is -1.99. The van der Waals surface area contributed by atoms with Gasteiger partial charge in [-0.15, -0.1) is 22.6 Å². The van der Waals surface area contributed by atoms with Gasteiger partial charge in [-0.3, -0.25) is 4.79 Å². The third-order valence-corrected chi connectivity index (χ3v) is 5.24. The standard InChI is InChI=1S/C16H20N6O.ClH/c23-15(16-8-2-1-3-12(16)9-17-10-16)18-13-6-4-11(5-7-13)14-19-21-22-20-14;/h4-7,12,17H,1-3,8-10H2,(H,18,23)(H,19,20,21,22);1H/t12-,16+;/m0./s1. The first-order chi connectivity index (χ1) is 11.3. The molecule has 1 amide bonds. The molecule has 7 nitrogen and oxygen atoms in total. The number of halogens is 1. The van der Waals surface area contributed by atoms with Crippen LogP contribution in [0.25, 0.3) is 11.4 Å². The molecular formula is C16H21ClN6O. The van der Waals surface area contributed by atoms with Crippen LogP contribution in [0.5, 0.6) is 0 Å². The van der Waals surface area contributed by atoms with E-state index in [1.165, 1.54) is 6.42 Å². The molecule has 1 aliphatic carbocycles. The molecule has 1 saturated heterocycles. The van der Waals surface area contributed by atoms with Crippen LogP contribution in [0.3, 0.4) is 0 Å². The van der Waals surface area contributed by atoms with Gasteiger partial charge in [-0.25, -0.2) is 0 Å². The second-order valence-corrected chi connectivity index (χ2v) is 6.50. The largest absolute Gasteiger partial charge is 0.326 e. The van der Waals surface area contributed by atoms with Crippen LogP contribution in [0.4, 0.5) is 5.69 Å². The van der Waals surface area contributed by atoms with Crippen LogP contribution < -0.4 is 10.6 Å². The summed E-state index contributed by atoms with van der Waals surface area (Å²) in [5.41, 5.74) is 1.45. The van der Waals surface area contributed by atoms with Gasteiger partial charge in [-0.05, 0) is 54.8 Å². The zero-order valence-electron chi connectivity index (χ0n) is 13.3. The van der Waals surface area contributed by atoms with E-state index >= 15 is 0 Å². The van der Waals surface area contributed by atoms with Crippen molar-refractivity contribution in [1.82, 2.24) is 25.9 Å². The molecule has 4 rings (SSSR count). The van der Waals surface area contributed by atoms with Gasteiger partial charge in [-0.2, -0.15) is 5.21 Å². The van der Waals surface area contributed by atoms with Crippen LogP contribution in [0.15, 0.2) is 24.3 Å². The van der Waals surface area contributed by atoms with Crippen LogP contribution in [0, 0.1) is 11.3 Å². The Morgan fingerprint density at radius 2 is 2.08 bits per heavy atom. The maximum absolute atomic E-state index is 12.9. The number of benzene rings is 1. The first-order valence-electron chi connectivity index (χ1n) is 8.14. The highest BCUT2D eigenvalue weighted by molar-refractivity contribution is 5.96. The number of nitrogens with zero attached hydrogens (tertiary/aromatic N) is 3. The molecule has 1 aromatic heterocycles. The lowest BCUT2D eigenvalue weighted by molar-refractivity contribution is -0.128. The van der Waals surface area contributed by atoms with E-state index in [9.17, 15) is 4.79 Å². The Bertz CT molecular complexity index is 689. The summed E-state index contributed by atoms with van der Waals surface area (Å²) in [6.07, 6.45) is 4.51. The van der Waals surface area contributed by atoms with Crippen molar-refractivity contribution in [3.05, 3.63) is 24.3 Å². The summed E-state index contributed by atoms with van der Waals surface area (Å²) >= 11 is 0. The highest BCUT2D eigenvalue weighted by atomic mass is 35.5. The van der Waals surface area contributed by atoms with E-state index in [1.807, 2.05) is 24.3 Å². The van der Waals surface area contributed by atoms with Crippen LogP contribution in [0.2, 0.25) is 0 Å². The topological polar surface area (TPSA) is 95.6 Å². The van der Waals surface area contributed by atoms with Crippen molar-refractivity contribution in [2.45, 2.75) is 25.7 Å². The SMILES string of the molecule is Cl.O=C(Nc1ccc(-c2nn[nH]n2)cc1)[C@@]12CCCC[C@H]1CNC2. The van der Waals surface area contributed by atoms with Gasteiger partial charge in [0.25, 0.3) is 0 Å². The van der Waals surface area contributed by atoms with E-state index in [1.54, 1.807) is 0 Å². The van der Waals surface area contributed by atoms with Gasteiger partial charge in [0, 0.05) is 17.8 Å². The number of carbonyl (C=O) groups excluding carboxylic acids is 1. The summed E-state index contributed by atoms with van der Waals surface area (Å²) in [6, 6.07) is 7.56. The van der Waals surface area contributed by atoms with Crippen LogP contribution in [-0.2, 0) is 4.79 Å².